The molecule has 2 heterocycles. The van der Waals surface area contributed by atoms with Crippen LogP contribution in [0.25, 0.3) is 0 Å². The van der Waals surface area contributed by atoms with Crippen LogP contribution in [0.5, 0.6) is 0 Å². The number of carbonyl (C=O) groups is 1. The van der Waals surface area contributed by atoms with Crippen molar-refractivity contribution in [2.24, 2.45) is 0 Å². The maximum Gasteiger partial charge on any atom is 0.410 e. The van der Waals surface area contributed by atoms with Crippen molar-refractivity contribution < 1.29 is 9.53 Å². The van der Waals surface area contributed by atoms with Gasteiger partial charge in [0.15, 0.2) is 0 Å². The minimum atomic E-state index is -0.0907. The van der Waals surface area contributed by atoms with Crippen molar-refractivity contribution in [3.63, 3.8) is 0 Å². The second kappa shape index (κ2) is 10.1. The van der Waals surface area contributed by atoms with E-state index in [2.05, 4.69) is 77.4 Å². The highest BCUT2D eigenvalue weighted by molar-refractivity contribution is 5.69. The maximum absolute atomic E-state index is 12.7. The van der Waals surface area contributed by atoms with E-state index < -0.39 is 0 Å². The van der Waals surface area contributed by atoms with Crippen molar-refractivity contribution in [1.29, 1.82) is 0 Å². The van der Waals surface area contributed by atoms with E-state index in [-0.39, 0.29) is 6.09 Å². The standard InChI is InChI=1S/C26H34N2O2/c1-2-3-16-30-26(29)28-23-14-15-24(28)18-25(17-23)27(19-21-10-6-4-7-11-21)20-22-12-8-5-9-13-22/h4-13,23-25H,2-3,14-20H2,1H3. The summed E-state index contributed by atoms with van der Waals surface area (Å²) in [6.07, 6.45) is 6.20. The van der Waals surface area contributed by atoms with Gasteiger partial charge in [-0.2, -0.15) is 0 Å². The number of hydrogen-bond acceptors (Lipinski definition) is 3. The Hall–Kier alpha value is -2.33. The zero-order valence-corrected chi connectivity index (χ0v) is 18.1. The average molecular weight is 407 g/mol. The van der Waals surface area contributed by atoms with Crippen molar-refractivity contribution >= 4 is 6.09 Å². The lowest BCUT2D eigenvalue weighted by atomic mass is 9.95. The molecule has 0 radical (unpaired) electrons. The summed E-state index contributed by atoms with van der Waals surface area (Å²) in [5.41, 5.74) is 2.70. The third-order valence-electron chi connectivity index (χ3n) is 6.62. The number of piperidine rings is 1. The highest BCUT2D eigenvalue weighted by Gasteiger charge is 2.45. The van der Waals surface area contributed by atoms with Gasteiger partial charge in [-0.3, -0.25) is 4.90 Å². The fourth-order valence-electron chi connectivity index (χ4n) is 5.07. The second-order valence-electron chi connectivity index (χ2n) is 8.76. The van der Waals surface area contributed by atoms with Crippen LogP contribution in [0, 0.1) is 0 Å². The molecule has 2 bridgehead atoms. The molecule has 1 amide bonds. The molecule has 0 spiro atoms. The molecule has 160 valence electrons. The number of amides is 1. The van der Waals surface area contributed by atoms with Crippen molar-refractivity contribution in [2.75, 3.05) is 6.61 Å². The molecule has 2 aromatic rings. The molecule has 2 aliphatic rings. The van der Waals surface area contributed by atoms with Gasteiger partial charge in [0, 0.05) is 31.2 Å². The molecule has 2 saturated heterocycles. The molecule has 4 rings (SSSR count). The quantitative estimate of drug-likeness (QED) is 0.533. The summed E-state index contributed by atoms with van der Waals surface area (Å²) in [5, 5.41) is 0. The Labute approximate surface area is 180 Å². The van der Waals surface area contributed by atoms with Gasteiger partial charge < -0.3 is 9.64 Å². The number of ether oxygens (including phenoxy) is 1. The minimum absolute atomic E-state index is 0.0907. The van der Waals surface area contributed by atoms with E-state index in [0.717, 1.165) is 51.6 Å². The summed E-state index contributed by atoms with van der Waals surface area (Å²) in [4.78, 5) is 17.4. The molecule has 0 saturated carbocycles. The fourth-order valence-corrected chi connectivity index (χ4v) is 5.07. The monoisotopic (exact) mass is 406 g/mol. The summed E-state index contributed by atoms with van der Waals surface area (Å²) < 4.78 is 5.56. The van der Waals surface area contributed by atoms with Gasteiger partial charge in [-0.25, -0.2) is 4.79 Å². The first kappa shape index (κ1) is 20.9. The number of hydrogen-bond donors (Lipinski definition) is 0. The molecular weight excluding hydrogens is 372 g/mol. The van der Waals surface area contributed by atoms with Gasteiger partial charge in [0.05, 0.1) is 6.61 Å². The maximum atomic E-state index is 12.7. The van der Waals surface area contributed by atoms with Crippen molar-refractivity contribution in [3.8, 4) is 0 Å². The van der Waals surface area contributed by atoms with Crippen LogP contribution in [0.15, 0.2) is 60.7 Å². The van der Waals surface area contributed by atoms with E-state index in [1.54, 1.807) is 0 Å². The van der Waals surface area contributed by atoms with E-state index in [1.165, 1.54) is 11.1 Å². The van der Waals surface area contributed by atoms with Gasteiger partial charge in [0.1, 0.15) is 0 Å². The number of carbonyl (C=O) groups excluding carboxylic acids is 1. The van der Waals surface area contributed by atoms with E-state index in [0.29, 0.717) is 24.7 Å². The molecule has 2 unspecified atom stereocenters. The first-order valence-corrected chi connectivity index (χ1v) is 11.5. The number of nitrogens with zero attached hydrogens (tertiary/aromatic N) is 2. The molecule has 4 nitrogen and oxygen atoms in total. The fraction of sp³-hybridized carbons (Fsp3) is 0.500. The first-order valence-electron chi connectivity index (χ1n) is 11.5. The SMILES string of the molecule is CCCCOC(=O)N1C2CCC1CC(N(Cc1ccccc1)Cc1ccccc1)C2. The molecular formula is C26H34N2O2. The van der Waals surface area contributed by atoms with Crippen LogP contribution >= 0.6 is 0 Å². The summed E-state index contributed by atoms with van der Waals surface area (Å²) in [6, 6.07) is 22.6. The number of unbranched alkanes of at least 4 members (excludes halogenated alkanes) is 1. The molecule has 0 aliphatic carbocycles. The largest absolute Gasteiger partial charge is 0.449 e. The Morgan fingerprint density at radius 2 is 1.47 bits per heavy atom. The Kier molecular flexibility index (Phi) is 7.06. The molecule has 2 fully saturated rings. The summed E-state index contributed by atoms with van der Waals surface area (Å²) >= 11 is 0. The van der Waals surface area contributed by atoms with E-state index >= 15 is 0 Å². The number of fused-ring (bicyclic) bond motifs is 2. The van der Waals surface area contributed by atoms with Gasteiger partial charge in [0.2, 0.25) is 0 Å². The van der Waals surface area contributed by atoms with Crippen molar-refractivity contribution in [1.82, 2.24) is 9.80 Å². The molecule has 2 aliphatic heterocycles. The third kappa shape index (κ3) is 5.04. The van der Waals surface area contributed by atoms with Gasteiger partial charge in [0.25, 0.3) is 0 Å². The Bertz CT molecular complexity index is 740. The zero-order valence-electron chi connectivity index (χ0n) is 18.1. The Morgan fingerprint density at radius 3 is 1.97 bits per heavy atom. The van der Waals surface area contributed by atoms with Crippen molar-refractivity contribution in [3.05, 3.63) is 71.8 Å². The number of rotatable bonds is 8. The van der Waals surface area contributed by atoms with Crippen LogP contribution in [-0.2, 0) is 17.8 Å². The highest BCUT2D eigenvalue weighted by Crippen LogP contribution is 2.39. The molecule has 2 aromatic carbocycles. The summed E-state index contributed by atoms with van der Waals surface area (Å²) in [5.74, 6) is 0. The predicted molar refractivity (Wildman–Crippen MR) is 120 cm³/mol. The third-order valence-corrected chi connectivity index (χ3v) is 6.62. The zero-order chi connectivity index (χ0) is 20.8. The topological polar surface area (TPSA) is 32.8 Å². The number of benzene rings is 2. The Balaban J connectivity index is 1.46. The highest BCUT2D eigenvalue weighted by atomic mass is 16.6. The van der Waals surface area contributed by atoms with E-state index in [4.69, 9.17) is 4.74 Å². The normalized spacial score (nSPS) is 23.0. The molecule has 4 heteroatoms. The summed E-state index contributed by atoms with van der Waals surface area (Å²) in [7, 11) is 0. The van der Waals surface area contributed by atoms with Crippen LogP contribution < -0.4 is 0 Å². The van der Waals surface area contributed by atoms with Crippen LogP contribution in [0.3, 0.4) is 0 Å². The lowest BCUT2D eigenvalue weighted by molar-refractivity contribution is 0.0340. The van der Waals surface area contributed by atoms with Gasteiger partial charge in [-0.1, -0.05) is 74.0 Å². The smallest absolute Gasteiger partial charge is 0.410 e. The summed E-state index contributed by atoms with van der Waals surface area (Å²) in [6.45, 7) is 4.56. The van der Waals surface area contributed by atoms with Crippen LogP contribution in [0.4, 0.5) is 4.79 Å². The van der Waals surface area contributed by atoms with E-state index in [1.807, 2.05) is 0 Å². The molecule has 2 atom stereocenters. The Morgan fingerprint density at radius 1 is 0.933 bits per heavy atom. The van der Waals surface area contributed by atoms with Crippen LogP contribution in [0.2, 0.25) is 0 Å². The molecule has 30 heavy (non-hydrogen) atoms. The van der Waals surface area contributed by atoms with E-state index in [9.17, 15) is 4.79 Å². The van der Waals surface area contributed by atoms with Gasteiger partial charge >= 0.3 is 6.09 Å². The predicted octanol–water partition coefficient (Wildman–Crippen LogP) is 5.62. The minimum Gasteiger partial charge on any atom is -0.449 e. The van der Waals surface area contributed by atoms with Crippen molar-refractivity contribution in [2.45, 2.75) is 76.7 Å². The van der Waals surface area contributed by atoms with Gasteiger partial charge in [-0.05, 0) is 43.2 Å². The van der Waals surface area contributed by atoms with Gasteiger partial charge in [-0.15, -0.1) is 0 Å². The molecule has 0 aromatic heterocycles. The average Bonchev–Trinajstić information content (AvgIpc) is 3.04. The molecule has 0 N–H and O–H groups in total. The lowest BCUT2D eigenvalue weighted by Gasteiger charge is -2.43. The first-order chi connectivity index (χ1) is 14.7. The lowest BCUT2D eigenvalue weighted by Crippen LogP contribution is -2.52. The van der Waals surface area contributed by atoms with Crippen LogP contribution in [0.1, 0.15) is 56.6 Å². The second-order valence-corrected chi connectivity index (χ2v) is 8.76. The van der Waals surface area contributed by atoms with Crippen LogP contribution in [-0.4, -0.2) is 40.6 Å².